The number of nitrogens with one attached hydrogen (secondary N) is 2. The summed E-state index contributed by atoms with van der Waals surface area (Å²) < 4.78 is 26.9. The number of anilines is 1. The molecule has 20 heavy (non-hydrogen) atoms. The van der Waals surface area contributed by atoms with Gasteiger partial charge in [-0.05, 0) is 30.9 Å². The molecule has 0 amide bonds. The van der Waals surface area contributed by atoms with Gasteiger partial charge in [-0.2, -0.15) is 0 Å². The van der Waals surface area contributed by atoms with Crippen LogP contribution in [0.5, 0.6) is 0 Å². The highest BCUT2D eigenvalue weighted by Gasteiger charge is 2.22. The highest BCUT2D eigenvalue weighted by molar-refractivity contribution is 7.92. The third-order valence-electron chi connectivity index (χ3n) is 3.82. The molecule has 1 heterocycles. The summed E-state index contributed by atoms with van der Waals surface area (Å²) in [7, 11) is -3.33. The minimum absolute atomic E-state index is 0.198. The first-order chi connectivity index (χ1) is 9.62. The van der Waals surface area contributed by atoms with Crippen molar-refractivity contribution in [3.8, 4) is 0 Å². The lowest BCUT2D eigenvalue weighted by Crippen LogP contribution is -2.24. The van der Waals surface area contributed by atoms with Crippen molar-refractivity contribution in [2.45, 2.75) is 32.1 Å². The quantitative estimate of drug-likeness (QED) is 0.910. The van der Waals surface area contributed by atoms with E-state index in [1.165, 1.54) is 6.42 Å². The Balaban J connectivity index is 1.71. The maximum atomic E-state index is 12.2. The zero-order chi connectivity index (χ0) is 14.0. The molecule has 0 aliphatic heterocycles. The van der Waals surface area contributed by atoms with E-state index in [-0.39, 0.29) is 11.7 Å². The molecule has 1 fully saturated rings. The van der Waals surface area contributed by atoms with Crippen LogP contribution in [0.25, 0.3) is 11.0 Å². The molecule has 1 saturated carbocycles. The first kappa shape index (κ1) is 13.4. The molecule has 3 rings (SSSR count). The van der Waals surface area contributed by atoms with Crippen LogP contribution >= 0.6 is 0 Å². The lowest BCUT2D eigenvalue weighted by atomic mass is 9.91. The monoisotopic (exact) mass is 293 g/mol. The van der Waals surface area contributed by atoms with Crippen LogP contribution in [0.1, 0.15) is 32.1 Å². The van der Waals surface area contributed by atoms with Crippen LogP contribution in [-0.4, -0.2) is 24.1 Å². The van der Waals surface area contributed by atoms with Crippen LogP contribution in [0.3, 0.4) is 0 Å². The summed E-state index contributed by atoms with van der Waals surface area (Å²) in [5.74, 6) is 0.789. The molecule has 2 aromatic rings. The molecule has 2 N–H and O–H groups in total. The standard InChI is InChI=1S/C14H19N3O2S/c18-20(19,10-11-6-2-1-3-7-11)17-14-15-12-8-4-5-9-13(12)16-14/h4-5,8-9,11H,1-3,6-7,10H2,(H2,15,16,17). The van der Waals surface area contributed by atoms with E-state index in [2.05, 4.69) is 14.7 Å². The van der Waals surface area contributed by atoms with Crippen molar-refractivity contribution in [1.29, 1.82) is 0 Å². The van der Waals surface area contributed by atoms with Crippen molar-refractivity contribution in [2.24, 2.45) is 5.92 Å². The molecule has 1 aliphatic carbocycles. The molecular weight excluding hydrogens is 274 g/mol. The predicted molar refractivity (Wildman–Crippen MR) is 80.1 cm³/mol. The maximum absolute atomic E-state index is 12.2. The number of imidazole rings is 1. The maximum Gasteiger partial charge on any atom is 0.235 e. The lowest BCUT2D eigenvalue weighted by Gasteiger charge is -2.21. The van der Waals surface area contributed by atoms with Crippen LogP contribution in [0, 0.1) is 5.92 Å². The molecular formula is C14H19N3O2S. The van der Waals surface area contributed by atoms with Crippen LogP contribution in [0.4, 0.5) is 5.95 Å². The third-order valence-corrected chi connectivity index (χ3v) is 5.24. The SMILES string of the molecule is O=S(=O)(CC1CCCCC1)Nc1nc2ccccc2[nH]1. The second kappa shape index (κ2) is 5.44. The number of aromatic amines is 1. The summed E-state index contributed by atoms with van der Waals surface area (Å²) in [4.78, 5) is 7.23. The fourth-order valence-corrected chi connectivity index (χ4v) is 4.28. The molecule has 108 valence electrons. The number of hydrogen-bond acceptors (Lipinski definition) is 3. The molecule has 1 aromatic carbocycles. The third kappa shape index (κ3) is 3.12. The first-order valence-electron chi connectivity index (χ1n) is 7.08. The molecule has 0 atom stereocenters. The Morgan fingerprint density at radius 2 is 1.95 bits per heavy atom. The molecule has 1 aliphatic rings. The van der Waals surface area contributed by atoms with E-state index in [0.717, 1.165) is 36.7 Å². The Morgan fingerprint density at radius 1 is 1.20 bits per heavy atom. The van der Waals surface area contributed by atoms with Gasteiger partial charge in [0.05, 0.1) is 16.8 Å². The lowest BCUT2D eigenvalue weighted by molar-refractivity contribution is 0.385. The number of fused-ring (bicyclic) bond motifs is 1. The average Bonchev–Trinajstić information content (AvgIpc) is 2.80. The van der Waals surface area contributed by atoms with Crippen molar-refractivity contribution < 1.29 is 8.42 Å². The Labute approximate surface area is 118 Å². The molecule has 0 spiro atoms. The van der Waals surface area contributed by atoms with Gasteiger partial charge in [0.25, 0.3) is 0 Å². The van der Waals surface area contributed by atoms with E-state index in [9.17, 15) is 8.42 Å². The van der Waals surface area contributed by atoms with Gasteiger partial charge in [0, 0.05) is 0 Å². The van der Waals surface area contributed by atoms with Gasteiger partial charge in [-0.25, -0.2) is 13.4 Å². The summed E-state index contributed by atoms with van der Waals surface area (Å²) >= 11 is 0. The minimum Gasteiger partial charge on any atom is -0.323 e. The number of para-hydroxylation sites is 2. The van der Waals surface area contributed by atoms with E-state index in [1.807, 2.05) is 24.3 Å². The van der Waals surface area contributed by atoms with Gasteiger partial charge in [0.1, 0.15) is 0 Å². The summed E-state index contributed by atoms with van der Waals surface area (Å²) in [6.07, 6.45) is 5.55. The number of benzene rings is 1. The van der Waals surface area contributed by atoms with Gasteiger partial charge in [-0.3, -0.25) is 4.72 Å². The topological polar surface area (TPSA) is 74.8 Å². The normalized spacial score (nSPS) is 17.4. The van der Waals surface area contributed by atoms with E-state index in [0.29, 0.717) is 5.95 Å². The van der Waals surface area contributed by atoms with Crippen molar-refractivity contribution in [2.75, 3.05) is 10.5 Å². The molecule has 0 radical (unpaired) electrons. The van der Waals surface area contributed by atoms with Crippen LogP contribution in [0.2, 0.25) is 0 Å². The second-order valence-corrected chi connectivity index (χ2v) is 7.26. The smallest absolute Gasteiger partial charge is 0.235 e. The Morgan fingerprint density at radius 3 is 2.70 bits per heavy atom. The molecule has 0 saturated heterocycles. The van der Waals surface area contributed by atoms with E-state index in [1.54, 1.807) is 0 Å². The predicted octanol–water partition coefficient (Wildman–Crippen LogP) is 2.88. The van der Waals surface area contributed by atoms with Crippen molar-refractivity contribution in [3.63, 3.8) is 0 Å². The Hall–Kier alpha value is -1.56. The number of nitrogens with zero attached hydrogens (tertiary/aromatic N) is 1. The zero-order valence-corrected chi connectivity index (χ0v) is 12.1. The van der Waals surface area contributed by atoms with Crippen LogP contribution in [-0.2, 0) is 10.0 Å². The fraction of sp³-hybridized carbons (Fsp3) is 0.500. The summed E-state index contributed by atoms with van der Waals surface area (Å²) in [5, 5.41) is 0. The van der Waals surface area contributed by atoms with Gasteiger partial charge in [-0.15, -0.1) is 0 Å². The summed E-state index contributed by atoms with van der Waals surface area (Å²) in [6.45, 7) is 0. The largest absolute Gasteiger partial charge is 0.323 e. The number of aromatic nitrogens is 2. The summed E-state index contributed by atoms with van der Waals surface area (Å²) in [6, 6.07) is 7.50. The minimum atomic E-state index is -3.33. The van der Waals surface area contributed by atoms with Gasteiger partial charge < -0.3 is 4.98 Å². The number of sulfonamides is 1. The first-order valence-corrected chi connectivity index (χ1v) is 8.73. The molecule has 6 heteroatoms. The summed E-state index contributed by atoms with van der Waals surface area (Å²) in [5.41, 5.74) is 1.60. The van der Waals surface area contributed by atoms with Crippen molar-refractivity contribution >= 4 is 27.0 Å². The Bertz CT molecular complexity index is 654. The van der Waals surface area contributed by atoms with Gasteiger partial charge in [0.15, 0.2) is 0 Å². The van der Waals surface area contributed by atoms with Gasteiger partial charge in [0.2, 0.25) is 16.0 Å². The van der Waals surface area contributed by atoms with Crippen LogP contribution < -0.4 is 4.72 Å². The molecule has 1 aromatic heterocycles. The highest BCUT2D eigenvalue weighted by Crippen LogP contribution is 2.25. The van der Waals surface area contributed by atoms with E-state index < -0.39 is 10.0 Å². The molecule has 5 nitrogen and oxygen atoms in total. The van der Waals surface area contributed by atoms with E-state index in [4.69, 9.17) is 0 Å². The molecule has 0 bridgehead atoms. The second-order valence-electron chi connectivity index (χ2n) is 5.49. The highest BCUT2D eigenvalue weighted by atomic mass is 32.2. The Kier molecular flexibility index (Phi) is 3.65. The number of H-pyrrole nitrogens is 1. The zero-order valence-electron chi connectivity index (χ0n) is 11.3. The van der Waals surface area contributed by atoms with Crippen molar-refractivity contribution in [3.05, 3.63) is 24.3 Å². The molecule has 0 unspecified atom stereocenters. The van der Waals surface area contributed by atoms with Gasteiger partial charge in [-0.1, -0.05) is 31.4 Å². The number of rotatable bonds is 4. The fourth-order valence-electron chi connectivity index (χ4n) is 2.85. The van der Waals surface area contributed by atoms with Gasteiger partial charge >= 0.3 is 0 Å². The van der Waals surface area contributed by atoms with E-state index >= 15 is 0 Å². The average molecular weight is 293 g/mol. The van der Waals surface area contributed by atoms with Crippen LogP contribution in [0.15, 0.2) is 24.3 Å². The van der Waals surface area contributed by atoms with Crippen molar-refractivity contribution in [1.82, 2.24) is 9.97 Å². The number of hydrogen-bond donors (Lipinski definition) is 2.